The number of hydrogen-bond donors (Lipinski definition) is 3. The van der Waals surface area contributed by atoms with Gasteiger partial charge in [0.05, 0.1) is 6.54 Å². The number of ether oxygens (including phenoxy) is 1. The molecule has 10 heteroatoms. The van der Waals surface area contributed by atoms with E-state index in [9.17, 15) is 19.2 Å². The van der Waals surface area contributed by atoms with Crippen LogP contribution in [0.5, 0.6) is 0 Å². The number of aromatic amines is 2. The maximum Gasteiger partial charge on any atom is 0.355 e. The lowest BCUT2D eigenvalue weighted by molar-refractivity contribution is -0.121. The van der Waals surface area contributed by atoms with E-state index in [2.05, 4.69) is 9.97 Å². The molecule has 10 nitrogen and oxygen atoms in total. The maximum atomic E-state index is 12.7. The Balaban J connectivity index is 1.87. The van der Waals surface area contributed by atoms with Gasteiger partial charge in [-0.1, -0.05) is 30.3 Å². The minimum Gasteiger partial charge on any atom is -0.451 e. The molecule has 0 spiro atoms. The zero-order chi connectivity index (χ0) is 21.7. The van der Waals surface area contributed by atoms with Gasteiger partial charge in [0.1, 0.15) is 11.5 Å². The van der Waals surface area contributed by atoms with Crippen molar-refractivity contribution in [2.75, 3.05) is 23.8 Å². The number of esters is 1. The van der Waals surface area contributed by atoms with E-state index < -0.39 is 29.7 Å². The molecular weight excluding hydrogens is 390 g/mol. The molecule has 2 heterocycles. The van der Waals surface area contributed by atoms with Gasteiger partial charge in [-0.05, 0) is 24.6 Å². The number of carbonyl (C=O) groups is 2. The molecule has 2 aromatic heterocycles. The van der Waals surface area contributed by atoms with Gasteiger partial charge in [-0.2, -0.15) is 0 Å². The summed E-state index contributed by atoms with van der Waals surface area (Å²) < 4.78 is 6.17. The standard InChI is InChI=1S/C20H21N5O5/c1-2-24(15(26)12-30-19(28)14-9-6-10-22-14)16-17(21)25(20(29)23-18(16)27)11-13-7-4-3-5-8-13/h3-10,22H,2,11-12,21H2,1H3,(H,23,27,29). The molecule has 1 amide bonds. The number of nitrogen functional groups attached to an aromatic ring is 1. The largest absolute Gasteiger partial charge is 0.451 e. The molecule has 0 radical (unpaired) electrons. The Kier molecular flexibility index (Phi) is 6.16. The fourth-order valence-electron chi connectivity index (χ4n) is 2.96. The van der Waals surface area contributed by atoms with Crippen LogP contribution in [0.15, 0.2) is 58.3 Å². The number of likely N-dealkylation sites (N-methyl/N-ethyl adjacent to an activating group) is 1. The first-order valence-corrected chi connectivity index (χ1v) is 9.19. The lowest BCUT2D eigenvalue weighted by atomic mass is 10.2. The molecule has 0 atom stereocenters. The van der Waals surface area contributed by atoms with Crippen molar-refractivity contribution < 1.29 is 14.3 Å². The fourth-order valence-corrected chi connectivity index (χ4v) is 2.96. The highest BCUT2D eigenvalue weighted by Gasteiger charge is 2.24. The highest BCUT2D eigenvalue weighted by molar-refractivity contribution is 5.98. The maximum absolute atomic E-state index is 12.7. The number of nitrogens with two attached hydrogens (primary N) is 1. The number of nitrogens with zero attached hydrogens (tertiary/aromatic N) is 2. The molecule has 0 fully saturated rings. The van der Waals surface area contributed by atoms with Crippen LogP contribution in [-0.4, -0.2) is 39.6 Å². The smallest absolute Gasteiger partial charge is 0.355 e. The third-order valence-electron chi connectivity index (χ3n) is 4.43. The van der Waals surface area contributed by atoms with Crippen molar-refractivity contribution in [3.05, 3.63) is 80.8 Å². The van der Waals surface area contributed by atoms with Gasteiger partial charge < -0.3 is 20.4 Å². The minimum atomic E-state index is -0.798. The molecule has 156 valence electrons. The molecule has 3 rings (SSSR count). The van der Waals surface area contributed by atoms with Crippen molar-refractivity contribution in [3.8, 4) is 0 Å². The van der Waals surface area contributed by atoms with Crippen LogP contribution in [-0.2, 0) is 16.1 Å². The average Bonchev–Trinajstić information content (AvgIpc) is 3.28. The molecule has 0 aliphatic heterocycles. The van der Waals surface area contributed by atoms with E-state index in [4.69, 9.17) is 10.5 Å². The van der Waals surface area contributed by atoms with Crippen LogP contribution in [0.1, 0.15) is 23.0 Å². The molecule has 0 unspecified atom stereocenters. The lowest BCUT2D eigenvalue weighted by Crippen LogP contribution is -2.42. The third kappa shape index (κ3) is 4.32. The van der Waals surface area contributed by atoms with Crippen LogP contribution in [0.25, 0.3) is 0 Å². The summed E-state index contributed by atoms with van der Waals surface area (Å²) in [5.41, 5.74) is 5.44. The van der Waals surface area contributed by atoms with E-state index in [-0.39, 0.29) is 30.3 Å². The van der Waals surface area contributed by atoms with Crippen molar-refractivity contribution in [2.24, 2.45) is 0 Å². The summed E-state index contributed by atoms with van der Waals surface area (Å²) in [4.78, 5) is 55.3. The SMILES string of the molecule is CCN(C(=O)COC(=O)c1ccc[nH]1)c1c(N)n(Cc2ccccc2)c(=O)[nH]c1=O. The third-order valence-corrected chi connectivity index (χ3v) is 4.43. The van der Waals surface area contributed by atoms with Gasteiger partial charge in [-0.25, -0.2) is 9.59 Å². The van der Waals surface area contributed by atoms with Gasteiger partial charge in [-0.3, -0.25) is 19.1 Å². The number of hydrogen-bond acceptors (Lipinski definition) is 6. The van der Waals surface area contributed by atoms with Gasteiger partial charge in [-0.15, -0.1) is 0 Å². The van der Waals surface area contributed by atoms with Gasteiger partial charge >= 0.3 is 11.7 Å². The molecular formula is C20H21N5O5. The van der Waals surface area contributed by atoms with E-state index in [0.717, 1.165) is 10.5 Å². The Morgan fingerprint density at radius 2 is 1.87 bits per heavy atom. The molecule has 0 aliphatic carbocycles. The van der Waals surface area contributed by atoms with Gasteiger partial charge in [0.15, 0.2) is 12.3 Å². The van der Waals surface area contributed by atoms with Crippen LogP contribution in [0.3, 0.4) is 0 Å². The van der Waals surface area contributed by atoms with Crippen molar-refractivity contribution in [2.45, 2.75) is 13.5 Å². The number of amides is 1. The topological polar surface area (TPSA) is 143 Å². The summed E-state index contributed by atoms with van der Waals surface area (Å²) in [7, 11) is 0. The number of carbonyl (C=O) groups excluding carboxylic acids is 2. The van der Waals surface area contributed by atoms with Crippen molar-refractivity contribution in [1.29, 1.82) is 0 Å². The molecule has 0 saturated heterocycles. The first-order chi connectivity index (χ1) is 14.4. The van der Waals surface area contributed by atoms with Crippen LogP contribution in [0.2, 0.25) is 0 Å². The summed E-state index contributed by atoms with van der Waals surface area (Å²) in [6.45, 7) is 1.23. The van der Waals surface area contributed by atoms with Crippen molar-refractivity contribution >= 4 is 23.4 Å². The molecule has 0 bridgehead atoms. The molecule has 4 N–H and O–H groups in total. The van der Waals surface area contributed by atoms with Crippen molar-refractivity contribution in [3.63, 3.8) is 0 Å². The van der Waals surface area contributed by atoms with Gasteiger partial charge in [0.25, 0.3) is 11.5 Å². The van der Waals surface area contributed by atoms with Crippen LogP contribution < -0.4 is 21.9 Å². The van der Waals surface area contributed by atoms with E-state index in [1.165, 1.54) is 10.6 Å². The van der Waals surface area contributed by atoms with Gasteiger partial charge in [0, 0.05) is 12.7 Å². The van der Waals surface area contributed by atoms with Gasteiger partial charge in [0.2, 0.25) is 0 Å². The fraction of sp³-hybridized carbons (Fsp3) is 0.200. The summed E-state index contributed by atoms with van der Waals surface area (Å²) in [5, 5.41) is 0. The molecule has 3 aromatic rings. The van der Waals surface area contributed by atoms with Crippen LogP contribution in [0, 0.1) is 0 Å². The first kappa shape index (κ1) is 20.6. The lowest BCUT2D eigenvalue weighted by Gasteiger charge is -2.23. The first-order valence-electron chi connectivity index (χ1n) is 9.19. The molecule has 0 saturated carbocycles. The van der Waals surface area contributed by atoms with E-state index in [1.54, 1.807) is 31.3 Å². The van der Waals surface area contributed by atoms with Crippen LogP contribution in [0.4, 0.5) is 11.5 Å². The number of H-pyrrole nitrogens is 2. The Bertz CT molecular complexity index is 1150. The number of rotatable bonds is 7. The highest BCUT2D eigenvalue weighted by Crippen LogP contribution is 2.18. The Hall–Kier alpha value is -4.08. The normalized spacial score (nSPS) is 10.6. The summed E-state index contributed by atoms with van der Waals surface area (Å²) in [5.74, 6) is -1.52. The summed E-state index contributed by atoms with van der Waals surface area (Å²) >= 11 is 0. The Labute approximate surface area is 170 Å². The predicted molar refractivity (Wildman–Crippen MR) is 110 cm³/mol. The Morgan fingerprint density at radius 1 is 1.13 bits per heavy atom. The number of aromatic nitrogens is 3. The molecule has 30 heavy (non-hydrogen) atoms. The van der Waals surface area contributed by atoms with Crippen molar-refractivity contribution in [1.82, 2.24) is 14.5 Å². The molecule has 0 aliphatic rings. The van der Waals surface area contributed by atoms with Crippen LogP contribution >= 0.6 is 0 Å². The Morgan fingerprint density at radius 3 is 2.50 bits per heavy atom. The van der Waals surface area contributed by atoms with E-state index in [0.29, 0.717) is 0 Å². The quantitative estimate of drug-likeness (QED) is 0.489. The zero-order valence-electron chi connectivity index (χ0n) is 16.3. The van der Waals surface area contributed by atoms with E-state index in [1.807, 2.05) is 18.2 Å². The predicted octanol–water partition coefficient (Wildman–Crippen LogP) is 0.705. The second-order valence-corrected chi connectivity index (χ2v) is 6.36. The highest BCUT2D eigenvalue weighted by atomic mass is 16.5. The number of anilines is 2. The molecule has 1 aromatic carbocycles. The summed E-state index contributed by atoms with van der Waals surface area (Å²) in [6, 6.07) is 12.2. The number of benzene rings is 1. The second kappa shape index (κ2) is 8.95. The second-order valence-electron chi connectivity index (χ2n) is 6.36. The summed E-state index contributed by atoms with van der Waals surface area (Å²) in [6.07, 6.45) is 1.55. The average molecular weight is 411 g/mol. The van der Waals surface area contributed by atoms with E-state index >= 15 is 0 Å². The number of nitrogens with one attached hydrogen (secondary N) is 2. The monoisotopic (exact) mass is 411 g/mol. The minimum absolute atomic E-state index is 0.0791. The zero-order valence-corrected chi connectivity index (χ0v) is 16.3.